The van der Waals surface area contributed by atoms with Crippen molar-refractivity contribution in [1.82, 2.24) is 4.90 Å². The van der Waals surface area contributed by atoms with E-state index in [-0.39, 0.29) is 30.9 Å². The number of carboxylic acid groups (broad SMARTS) is 1. The monoisotopic (exact) mass is 295 g/mol. The smallest absolute Gasteiger partial charge is 0.317 e. The normalized spacial score (nSPS) is 10.3. The third kappa shape index (κ3) is 4.66. The summed E-state index contributed by atoms with van der Waals surface area (Å²) in [6, 6.07) is 3.27. The van der Waals surface area contributed by atoms with E-state index in [1.165, 1.54) is 17.0 Å². The fourth-order valence-electron chi connectivity index (χ4n) is 1.77. The van der Waals surface area contributed by atoms with Gasteiger partial charge in [-0.1, -0.05) is 6.08 Å². The lowest BCUT2D eigenvalue weighted by atomic mass is 10.1. The zero-order valence-electron chi connectivity index (χ0n) is 11.0. The van der Waals surface area contributed by atoms with Crippen molar-refractivity contribution < 1.29 is 19.7 Å². The number of aliphatic carboxylic acids is 1. The predicted octanol–water partition coefficient (Wildman–Crippen LogP) is 1.58. The van der Waals surface area contributed by atoms with Crippen LogP contribution in [0.5, 0.6) is 0 Å². The van der Waals surface area contributed by atoms with Crippen LogP contribution >= 0.6 is 0 Å². The van der Waals surface area contributed by atoms with E-state index < -0.39 is 21.5 Å². The molecule has 1 aromatic carbocycles. The Labute approximate surface area is 119 Å². The number of carbonyl (C=O) groups is 1. The average molecular weight is 295 g/mol. The van der Waals surface area contributed by atoms with Crippen LogP contribution in [0.3, 0.4) is 0 Å². The maximum atomic E-state index is 11.0. The minimum absolute atomic E-state index is 0.0212. The summed E-state index contributed by atoms with van der Waals surface area (Å²) in [5.74, 6) is -1.08. The number of carboxylic acids is 1. The number of nitro groups is 2. The molecule has 0 aliphatic heterocycles. The van der Waals surface area contributed by atoms with Gasteiger partial charge >= 0.3 is 5.97 Å². The van der Waals surface area contributed by atoms with Crippen LogP contribution in [0.25, 0.3) is 0 Å². The van der Waals surface area contributed by atoms with Crippen molar-refractivity contribution in [2.24, 2.45) is 0 Å². The molecule has 1 aromatic rings. The maximum absolute atomic E-state index is 11.0. The number of benzene rings is 1. The number of nitro benzene ring substituents is 2. The lowest BCUT2D eigenvalue weighted by Crippen LogP contribution is -2.29. The van der Waals surface area contributed by atoms with Gasteiger partial charge in [-0.05, 0) is 6.07 Å². The maximum Gasteiger partial charge on any atom is 0.317 e. The lowest BCUT2D eigenvalue weighted by Gasteiger charge is -2.18. The van der Waals surface area contributed by atoms with E-state index >= 15 is 0 Å². The van der Waals surface area contributed by atoms with Gasteiger partial charge in [-0.25, -0.2) is 0 Å². The highest BCUT2D eigenvalue weighted by molar-refractivity contribution is 5.69. The minimum Gasteiger partial charge on any atom is -0.480 e. The standard InChI is InChI=1S/C12H13N3O6/c1-2-5-13(8-12(16)17)7-9-3-4-10(14(18)19)6-11(9)15(20)21/h2-4,6H,1,5,7-8H2,(H,16,17). The molecule has 0 radical (unpaired) electrons. The Morgan fingerprint density at radius 1 is 1.33 bits per heavy atom. The summed E-state index contributed by atoms with van der Waals surface area (Å²) in [5, 5.41) is 30.4. The summed E-state index contributed by atoms with van der Waals surface area (Å²) in [4.78, 5) is 32.3. The molecule has 112 valence electrons. The molecule has 9 nitrogen and oxygen atoms in total. The molecule has 0 saturated heterocycles. The minimum atomic E-state index is -1.08. The van der Waals surface area contributed by atoms with Crippen LogP contribution in [0.15, 0.2) is 30.9 Å². The lowest BCUT2D eigenvalue weighted by molar-refractivity contribution is -0.394. The van der Waals surface area contributed by atoms with Crippen LogP contribution in [0, 0.1) is 20.2 Å². The Bertz CT molecular complexity index is 586. The van der Waals surface area contributed by atoms with Crippen molar-refractivity contribution in [3.05, 3.63) is 56.6 Å². The summed E-state index contributed by atoms with van der Waals surface area (Å²) in [6.07, 6.45) is 1.47. The second-order valence-corrected chi connectivity index (χ2v) is 4.18. The summed E-state index contributed by atoms with van der Waals surface area (Å²) in [5.41, 5.74) is -0.601. The van der Waals surface area contributed by atoms with E-state index in [1.807, 2.05) is 0 Å². The summed E-state index contributed by atoms with van der Waals surface area (Å²) < 4.78 is 0. The quantitative estimate of drug-likeness (QED) is 0.438. The van der Waals surface area contributed by atoms with Crippen LogP contribution < -0.4 is 0 Å². The molecule has 0 spiro atoms. The summed E-state index contributed by atoms with van der Waals surface area (Å²) in [7, 11) is 0. The van der Waals surface area contributed by atoms with Crippen molar-refractivity contribution >= 4 is 17.3 Å². The van der Waals surface area contributed by atoms with Gasteiger partial charge < -0.3 is 5.11 Å². The Morgan fingerprint density at radius 3 is 2.48 bits per heavy atom. The Morgan fingerprint density at radius 2 is 2.00 bits per heavy atom. The molecule has 0 atom stereocenters. The van der Waals surface area contributed by atoms with Crippen LogP contribution in [0.1, 0.15) is 5.56 Å². The van der Waals surface area contributed by atoms with Gasteiger partial charge in [-0.3, -0.25) is 29.9 Å². The molecule has 0 aliphatic carbocycles. The second kappa shape index (κ2) is 7.10. The molecule has 0 aliphatic rings. The number of hydrogen-bond donors (Lipinski definition) is 1. The zero-order chi connectivity index (χ0) is 16.0. The number of non-ortho nitro benzene ring substituents is 1. The van der Waals surface area contributed by atoms with Crippen LogP contribution in [-0.4, -0.2) is 38.9 Å². The van der Waals surface area contributed by atoms with Crippen molar-refractivity contribution in [3.63, 3.8) is 0 Å². The third-order valence-electron chi connectivity index (χ3n) is 2.62. The summed E-state index contributed by atoms with van der Waals surface area (Å²) >= 11 is 0. The van der Waals surface area contributed by atoms with Gasteiger partial charge in [0.15, 0.2) is 0 Å². The Kier molecular flexibility index (Phi) is 5.49. The van der Waals surface area contributed by atoms with Gasteiger partial charge in [0.1, 0.15) is 0 Å². The van der Waals surface area contributed by atoms with E-state index in [9.17, 15) is 25.0 Å². The van der Waals surface area contributed by atoms with Crippen LogP contribution in [0.4, 0.5) is 11.4 Å². The largest absolute Gasteiger partial charge is 0.480 e. The first-order chi connectivity index (χ1) is 9.85. The molecule has 0 aromatic heterocycles. The second-order valence-electron chi connectivity index (χ2n) is 4.18. The summed E-state index contributed by atoms with van der Waals surface area (Å²) in [6.45, 7) is 3.37. The first kappa shape index (κ1) is 16.2. The zero-order valence-corrected chi connectivity index (χ0v) is 11.0. The van der Waals surface area contributed by atoms with Gasteiger partial charge in [-0.15, -0.1) is 6.58 Å². The van der Waals surface area contributed by atoms with Crippen molar-refractivity contribution in [1.29, 1.82) is 0 Å². The highest BCUT2D eigenvalue weighted by atomic mass is 16.6. The molecule has 0 bridgehead atoms. The molecule has 9 heteroatoms. The fraction of sp³-hybridized carbons (Fsp3) is 0.250. The molecule has 0 fully saturated rings. The third-order valence-corrected chi connectivity index (χ3v) is 2.62. The van der Waals surface area contributed by atoms with Crippen LogP contribution in [0.2, 0.25) is 0 Å². The SMILES string of the molecule is C=CCN(CC(=O)O)Cc1ccc([N+](=O)[O-])cc1[N+](=O)[O-]. The predicted molar refractivity (Wildman–Crippen MR) is 72.9 cm³/mol. The van der Waals surface area contributed by atoms with Crippen molar-refractivity contribution in [2.45, 2.75) is 6.54 Å². The topological polar surface area (TPSA) is 127 Å². The van der Waals surface area contributed by atoms with Crippen LogP contribution in [-0.2, 0) is 11.3 Å². The molecule has 1 rings (SSSR count). The molecule has 0 unspecified atom stereocenters. The Hall–Kier alpha value is -2.81. The van der Waals surface area contributed by atoms with Gasteiger partial charge in [0.2, 0.25) is 0 Å². The number of nitrogens with zero attached hydrogens (tertiary/aromatic N) is 3. The van der Waals surface area contributed by atoms with Crippen molar-refractivity contribution in [2.75, 3.05) is 13.1 Å². The van der Waals surface area contributed by atoms with E-state index in [2.05, 4.69) is 6.58 Å². The molecular formula is C12H13N3O6. The highest BCUT2D eigenvalue weighted by Gasteiger charge is 2.21. The number of rotatable bonds is 8. The van der Waals surface area contributed by atoms with Gasteiger partial charge in [-0.2, -0.15) is 0 Å². The average Bonchev–Trinajstić information content (AvgIpc) is 2.38. The first-order valence-electron chi connectivity index (χ1n) is 5.82. The van der Waals surface area contributed by atoms with Gasteiger partial charge in [0, 0.05) is 24.7 Å². The van der Waals surface area contributed by atoms with E-state index in [4.69, 9.17) is 5.11 Å². The van der Waals surface area contributed by atoms with E-state index in [1.54, 1.807) is 0 Å². The number of hydrogen-bond acceptors (Lipinski definition) is 6. The molecule has 21 heavy (non-hydrogen) atoms. The van der Waals surface area contributed by atoms with Crippen molar-refractivity contribution in [3.8, 4) is 0 Å². The molecule has 0 saturated carbocycles. The first-order valence-corrected chi connectivity index (χ1v) is 5.82. The Balaban J connectivity index is 3.10. The fourth-order valence-corrected chi connectivity index (χ4v) is 1.77. The van der Waals surface area contributed by atoms with Gasteiger partial charge in [0.25, 0.3) is 11.4 Å². The van der Waals surface area contributed by atoms with E-state index in [0.29, 0.717) is 0 Å². The molecular weight excluding hydrogens is 282 g/mol. The molecule has 0 amide bonds. The highest BCUT2D eigenvalue weighted by Crippen LogP contribution is 2.25. The van der Waals surface area contributed by atoms with E-state index in [0.717, 1.165) is 12.1 Å². The molecule has 0 heterocycles. The van der Waals surface area contributed by atoms with Gasteiger partial charge in [0.05, 0.1) is 22.5 Å². The molecule has 1 N–H and O–H groups in total.